The van der Waals surface area contributed by atoms with Crippen molar-refractivity contribution in [2.75, 3.05) is 25.4 Å². The van der Waals surface area contributed by atoms with E-state index in [0.717, 1.165) is 25.7 Å². The lowest BCUT2D eigenvalue weighted by Gasteiger charge is -2.34. The summed E-state index contributed by atoms with van der Waals surface area (Å²) in [4.78, 5) is 12.3. The third kappa shape index (κ3) is 3.61. The second-order valence-electron chi connectivity index (χ2n) is 6.65. The number of aliphatic hydroxyl groups excluding tert-OH is 3. The second kappa shape index (κ2) is 8.42. The molecular formula is C16H27N7O4. The highest BCUT2D eigenvalue weighted by Gasteiger charge is 2.56. The normalized spacial score (nSPS) is 28.2. The van der Waals surface area contributed by atoms with Gasteiger partial charge in [0.05, 0.1) is 6.61 Å². The number of ether oxygens (including phenoxy) is 1. The van der Waals surface area contributed by atoms with Crippen LogP contribution in [0.1, 0.15) is 25.7 Å². The van der Waals surface area contributed by atoms with Crippen LogP contribution in [-0.2, 0) is 10.6 Å². The summed E-state index contributed by atoms with van der Waals surface area (Å²) in [5, 5.41) is 33.8. The maximum atomic E-state index is 10.8. The van der Waals surface area contributed by atoms with E-state index in [1.165, 1.54) is 17.2 Å². The summed E-state index contributed by atoms with van der Waals surface area (Å²) in [5.74, 6) is -1.33. The van der Waals surface area contributed by atoms with Crippen LogP contribution in [0.3, 0.4) is 0 Å². The molecule has 0 aliphatic carbocycles. The van der Waals surface area contributed by atoms with Gasteiger partial charge in [0, 0.05) is 0 Å². The molecule has 0 aromatic carbocycles. The van der Waals surface area contributed by atoms with E-state index in [9.17, 15) is 15.3 Å². The fraction of sp³-hybridized carbons (Fsp3) is 0.688. The SMILES string of the molecule is NCCCCCCN[C@@]1(n2cnc3c(N)ncnc32)O[C@H](CO)[C@@H](O)[C@H]1O. The first-order valence-electron chi connectivity index (χ1n) is 9.09. The van der Waals surface area contributed by atoms with Crippen molar-refractivity contribution in [1.29, 1.82) is 0 Å². The average molecular weight is 381 g/mol. The molecule has 11 nitrogen and oxygen atoms in total. The smallest absolute Gasteiger partial charge is 0.234 e. The molecule has 0 radical (unpaired) electrons. The lowest BCUT2D eigenvalue weighted by Crippen LogP contribution is -2.56. The molecule has 2 aromatic heterocycles. The second-order valence-corrected chi connectivity index (χ2v) is 6.65. The molecule has 2 aromatic rings. The molecule has 3 rings (SSSR count). The summed E-state index contributed by atoms with van der Waals surface area (Å²) >= 11 is 0. The fourth-order valence-corrected chi connectivity index (χ4v) is 3.37. The number of nitrogen functional groups attached to an aromatic ring is 1. The van der Waals surface area contributed by atoms with Crippen LogP contribution in [-0.4, -0.2) is 72.8 Å². The van der Waals surface area contributed by atoms with Crippen molar-refractivity contribution in [2.24, 2.45) is 5.73 Å². The Kier molecular flexibility index (Phi) is 6.19. The molecule has 1 fully saturated rings. The van der Waals surface area contributed by atoms with Crippen molar-refractivity contribution < 1.29 is 20.1 Å². The number of imidazole rings is 1. The van der Waals surface area contributed by atoms with Crippen LogP contribution in [0.25, 0.3) is 11.2 Å². The lowest BCUT2D eigenvalue weighted by atomic mass is 10.1. The van der Waals surface area contributed by atoms with Crippen molar-refractivity contribution in [3.63, 3.8) is 0 Å². The van der Waals surface area contributed by atoms with Crippen LogP contribution in [0.15, 0.2) is 12.7 Å². The van der Waals surface area contributed by atoms with E-state index in [4.69, 9.17) is 16.2 Å². The minimum atomic E-state index is -1.53. The number of aliphatic hydroxyl groups is 3. The Bertz CT molecular complexity index is 757. The Hall–Kier alpha value is -1.89. The van der Waals surface area contributed by atoms with E-state index in [2.05, 4.69) is 20.3 Å². The molecule has 3 heterocycles. The van der Waals surface area contributed by atoms with Crippen molar-refractivity contribution >= 4 is 17.0 Å². The number of hydrogen-bond acceptors (Lipinski definition) is 10. The van der Waals surface area contributed by atoms with Crippen LogP contribution in [0.4, 0.5) is 5.82 Å². The standard InChI is InChI=1S/C16H27N7O4/c17-5-3-1-2-4-6-22-16(13(26)12(25)10(7-24)27-16)23-9-21-11-14(18)19-8-20-15(11)23/h8-10,12-13,22,24-26H,1-7,17H2,(H2,18,19,20)/t10-,12-,13-,16+/m1/s1. The number of unbranched alkanes of at least 4 members (excludes halogenated alkanes) is 3. The van der Waals surface area contributed by atoms with Gasteiger partial charge in [-0.15, -0.1) is 0 Å². The van der Waals surface area contributed by atoms with Gasteiger partial charge >= 0.3 is 0 Å². The predicted octanol–water partition coefficient (Wildman–Crippen LogP) is -1.76. The van der Waals surface area contributed by atoms with Crippen LogP contribution in [0, 0.1) is 0 Å². The lowest BCUT2D eigenvalue weighted by molar-refractivity contribution is -0.168. The molecule has 8 N–H and O–H groups in total. The summed E-state index contributed by atoms with van der Waals surface area (Å²) in [6.45, 7) is 0.723. The number of anilines is 1. The Labute approximate surface area is 156 Å². The molecule has 150 valence electrons. The van der Waals surface area contributed by atoms with Gasteiger partial charge in [-0.2, -0.15) is 0 Å². The fourth-order valence-electron chi connectivity index (χ4n) is 3.37. The van der Waals surface area contributed by atoms with Crippen molar-refractivity contribution in [3.05, 3.63) is 12.7 Å². The quantitative estimate of drug-likeness (QED) is 0.273. The van der Waals surface area contributed by atoms with Crippen LogP contribution in [0.2, 0.25) is 0 Å². The van der Waals surface area contributed by atoms with E-state index in [1.54, 1.807) is 0 Å². The number of hydrogen-bond donors (Lipinski definition) is 6. The summed E-state index contributed by atoms with van der Waals surface area (Å²) < 4.78 is 7.37. The van der Waals surface area contributed by atoms with Gasteiger partial charge in [0.15, 0.2) is 11.5 Å². The van der Waals surface area contributed by atoms with Gasteiger partial charge in [-0.05, 0) is 25.9 Å². The zero-order valence-corrected chi connectivity index (χ0v) is 15.0. The topological polar surface area (TPSA) is 178 Å². The molecule has 0 bridgehead atoms. The highest BCUT2D eigenvalue weighted by molar-refractivity contribution is 5.81. The van der Waals surface area contributed by atoms with Gasteiger partial charge in [0.25, 0.3) is 0 Å². The summed E-state index contributed by atoms with van der Waals surface area (Å²) in [5.41, 5.74) is 12.1. The molecular weight excluding hydrogens is 354 g/mol. The number of fused-ring (bicyclic) bond motifs is 1. The molecule has 0 saturated carbocycles. The Morgan fingerprint density at radius 1 is 1.19 bits per heavy atom. The van der Waals surface area contributed by atoms with Gasteiger partial charge in [-0.1, -0.05) is 12.8 Å². The first kappa shape index (κ1) is 19.9. The Balaban J connectivity index is 1.89. The summed E-state index contributed by atoms with van der Waals surface area (Å²) in [7, 11) is 0. The molecule has 4 atom stereocenters. The molecule has 11 heteroatoms. The molecule has 0 unspecified atom stereocenters. The average Bonchev–Trinajstić information content (AvgIpc) is 3.21. The van der Waals surface area contributed by atoms with Gasteiger partial charge in [-0.3, -0.25) is 9.88 Å². The maximum Gasteiger partial charge on any atom is 0.234 e. The molecule has 0 spiro atoms. The van der Waals surface area contributed by atoms with Crippen LogP contribution >= 0.6 is 0 Å². The van der Waals surface area contributed by atoms with Crippen LogP contribution < -0.4 is 16.8 Å². The highest BCUT2D eigenvalue weighted by atomic mass is 16.6. The molecule has 1 aliphatic rings. The third-order valence-corrected chi connectivity index (χ3v) is 4.85. The number of nitrogens with zero attached hydrogens (tertiary/aromatic N) is 4. The van der Waals surface area contributed by atoms with Crippen LogP contribution in [0.5, 0.6) is 0 Å². The molecule has 1 saturated heterocycles. The van der Waals surface area contributed by atoms with E-state index in [-0.39, 0.29) is 5.82 Å². The zero-order chi connectivity index (χ0) is 19.4. The van der Waals surface area contributed by atoms with E-state index >= 15 is 0 Å². The zero-order valence-electron chi connectivity index (χ0n) is 15.0. The number of nitrogens with two attached hydrogens (primary N) is 2. The molecule has 0 amide bonds. The largest absolute Gasteiger partial charge is 0.394 e. The number of aromatic nitrogens is 4. The van der Waals surface area contributed by atoms with E-state index in [1.807, 2.05) is 0 Å². The van der Waals surface area contributed by atoms with Crippen molar-refractivity contribution in [1.82, 2.24) is 24.8 Å². The van der Waals surface area contributed by atoms with Gasteiger partial charge in [0.2, 0.25) is 5.85 Å². The molecule has 1 aliphatic heterocycles. The number of rotatable bonds is 9. The maximum absolute atomic E-state index is 10.8. The van der Waals surface area contributed by atoms with Crippen molar-refractivity contribution in [2.45, 2.75) is 49.8 Å². The molecule has 27 heavy (non-hydrogen) atoms. The highest BCUT2D eigenvalue weighted by Crippen LogP contribution is 2.35. The van der Waals surface area contributed by atoms with Crippen molar-refractivity contribution in [3.8, 4) is 0 Å². The number of nitrogens with one attached hydrogen (secondary N) is 1. The first-order chi connectivity index (χ1) is 13.0. The minimum Gasteiger partial charge on any atom is -0.394 e. The summed E-state index contributed by atoms with van der Waals surface area (Å²) in [6, 6.07) is 0. The van der Waals surface area contributed by atoms with E-state index in [0.29, 0.717) is 24.3 Å². The van der Waals surface area contributed by atoms with Gasteiger partial charge < -0.3 is 31.5 Å². The predicted molar refractivity (Wildman–Crippen MR) is 97.2 cm³/mol. The Morgan fingerprint density at radius 2 is 1.96 bits per heavy atom. The summed E-state index contributed by atoms with van der Waals surface area (Å²) in [6.07, 6.45) is 2.87. The monoisotopic (exact) mass is 381 g/mol. The van der Waals surface area contributed by atoms with E-state index < -0.39 is 30.8 Å². The Morgan fingerprint density at radius 3 is 2.67 bits per heavy atom. The van der Waals surface area contributed by atoms with Gasteiger partial charge in [-0.25, -0.2) is 15.0 Å². The third-order valence-electron chi connectivity index (χ3n) is 4.85. The van der Waals surface area contributed by atoms with Gasteiger partial charge in [0.1, 0.15) is 36.5 Å². The first-order valence-corrected chi connectivity index (χ1v) is 9.09. The minimum absolute atomic E-state index is 0.197.